The zero-order valence-electron chi connectivity index (χ0n) is 16.1. The van der Waals surface area contributed by atoms with E-state index in [0.717, 1.165) is 0 Å². The van der Waals surface area contributed by atoms with Gasteiger partial charge < -0.3 is 10.1 Å². The molecule has 7 nitrogen and oxygen atoms in total. The molecule has 2 aromatic carbocycles. The number of rotatable bonds is 3. The van der Waals surface area contributed by atoms with Crippen LogP contribution in [-0.4, -0.2) is 31.9 Å². The van der Waals surface area contributed by atoms with Crippen molar-refractivity contribution in [1.82, 2.24) is 15.0 Å². The van der Waals surface area contributed by atoms with E-state index >= 15 is 0 Å². The van der Waals surface area contributed by atoms with Gasteiger partial charge in [0, 0.05) is 6.20 Å². The molecule has 0 bridgehead atoms. The van der Waals surface area contributed by atoms with Crippen LogP contribution in [0.1, 0.15) is 32.0 Å². The van der Waals surface area contributed by atoms with Crippen LogP contribution in [0.3, 0.4) is 0 Å². The number of carbonyl (C=O) groups excluding carboxylic acids is 1. The average Bonchev–Trinajstić information content (AvgIpc) is 3.16. The van der Waals surface area contributed by atoms with Gasteiger partial charge in [0.25, 0.3) is 5.91 Å². The molecule has 2 heterocycles. The molecule has 4 rings (SSSR count). The summed E-state index contributed by atoms with van der Waals surface area (Å²) in [7, 11) is 0. The number of nitrogens with one attached hydrogen (secondary N) is 2. The highest BCUT2D eigenvalue weighted by atomic mass is 16.4. The first-order valence-corrected chi connectivity index (χ1v) is 8.96. The minimum absolute atomic E-state index is 0.0430. The van der Waals surface area contributed by atoms with E-state index in [2.05, 4.69) is 45.2 Å². The molecule has 0 fully saturated rings. The average molecular weight is 398 g/mol. The second-order valence-corrected chi connectivity index (χ2v) is 6.25. The molecular weight excluding hydrogens is 380 g/mol. The maximum atomic E-state index is 12.2. The summed E-state index contributed by atoms with van der Waals surface area (Å²) >= 11 is 0. The van der Waals surface area contributed by atoms with Crippen LogP contribution in [0.5, 0.6) is 0 Å². The molecule has 0 aliphatic carbocycles. The lowest BCUT2D eigenvalue weighted by Gasteiger charge is -2.02. The third-order valence-electron chi connectivity index (χ3n) is 4.09. The van der Waals surface area contributed by atoms with Crippen molar-refractivity contribution in [1.29, 1.82) is 0 Å². The zero-order chi connectivity index (χ0) is 21.5. The highest BCUT2D eigenvalue weighted by Crippen LogP contribution is 2.19. The SMILES string of the molecule is C#Cc1cccnc1C(=O)Nc1nc2c(C(=O)O)cccc2[nH]1.Cc1ccccc1. The van der Waals surface area contributed by atoms with Crippen molar-refractivity contribution in [3.63, 3.8) is 0 Å². The van der Waals surface area contributed by atoms with Crippen molar-refractivity contribution in [3.8, 4) is 12.3 Å². The van der Waals surface area contributed by atoms with Gasteiger partial charge in [-0.15, -0.1) is 6.42 Å². The number of terminal acetylenes is 1. The Kier molecular flexibility index (Phi) is 6.20. The number of aromatic carboxylic acids is 1. The van der Waals surface area contributed by atoms with E-state index in [1.807, 2.05) is 18.2 Å². The maximum Gasteiger partial charge on any atom is 0.337 e. The molecule has 30 heavy (non-hydrogen) atoms. The normalized spacial score (nSPS) is 9.87. The van der Waals surface area contributed by atoms with Crippen LogP contribution in [0.2, 0.25) is 0 Å². The van der Waals surface area contributed by atoms with Crippen molar-refractivity contribution in [2.24, 2.45) is 0 Å². The van der Waals surface area contributed by atoms with Crippen LogP contribution in [0.15, 0.2) is 66.9 Å². The number of pyridine rings is 1. The van der Waals surface area contributed by atoms with E-state index in [9.17, 15) is 9.59 Å². The number of hydrogen-bond donors (Lipinski definition) is 3. The minimum Gasteiger partial charge on any atom is -0.478 e. The number of aromatic amines is 1. The predicted molar refractivity (Wildman–Crippen MR) is 114 cm³/mol. The van der Waals surface area contributed by atoms with Crippen molar-refractivity contribution in [2.45, 2.75) is 6.92 Å². The fraction of sp³-hybridized carbons (Fsp3) is 0.0435. The van der Waals surface area contributed by atoms with E-state index in [1.54, 1.807) is 24.3 Å². The molecule has 0 spiro atoms. The molecule has 0 atom stereocenters. The lowest BCUT2D eigenvalue weighted by Crippen LogP contribution is -2.16. The second-order valence-electron chi connectivity index (χ2n) is 6.25. The first-order valence-electron chi connectivity index (χ1n) is 8.96. The molecule has 0 aliphatic heterocycles. The van der Waals surface area contributed by atoms with Crippen molar-refractivity contribution in [2.75, 3.05) is 5.32 Å². The van der Waals surface area contributed by atoms with Gasteiger partial charge in [-0.2, -0.15) is 0 Å². The van der Waals surface area contributed by atoms with Crippen molar-refractivity contribution in [3.05, 3.63) is 89.2 Å². The summed E-state index contributed by atoms with van der Waals surface area (Å²) in [4.78, 5) is 34.3. The summed E-state index contributed by atoms with van der Waals surface area (Å²) in [5, 5.41) is 11.7. The van der Waals surface area contributed by atoms with Gasteiger partial charge >= 0.3 is 5.97 Å². The molecule has 0 unspecified atom stereocenters. The zero-order valence-corrected chi connectivity index (χ0v) is 16.1. The Hall–Kier alpha value is -4.44. The number of aryl methyl sites for hydroxylation is 1. The molecule has 0 saturated carbocycles. The molecule has 0 radical (unpaired) electrons. The van der Waals surface area contributed by atoms with Gasteiger partial charge in [0.15, 0.2) is 0 Å². The van der Waals surface area contributed by atoms with Crippen molar-refractivity contribution >= 4 is 28.9 Å². The lowest BCUT2D eigenvalue weighted by molar-refractivity contribution is 0.0698. The Morgan fingerprint density at radius 2 is 1.83 bits per heavy atom. The molecule has 7 heteroatoms. The Bertz CT molecular complexity index is 1240. The fourth-order valence-electron chi connectivity index (χ4n) is 2.67. The van der Waals surface area contributed by atoms with Crippen LogP contribution >= 0.6 is 0 Å². The summed E-state index contributed by atoms with van der Waals surface area (Å²) in [5.41, 5.74) is 2.57. The Balaban J connectivity index is 0.000000310. The van der Waals surface area contributed by atoms with E-state index < -0.39 is 11.9 Å². The molecule has 1 amide bonds. The predicted octanol–water partition coefficient (Wildman–Crippen LogP) is 3.88. The molecule has 148 valence electrons. The number of carbonyl (C=O) groups is 2. The van der Waals surface area contributed by atoms with E-state index in [-0.39, 0.29) is 22.7 Å². The van der Waals surface area contributed by atoms with Crippen molar-refractivity contribution < 1.29 is 14.7 Å². The minimum atomic E-state index is -1.10. The molecule has 0 aliphatic rings. The number of para-hydroxylation sites is 1. The second kappa shape index (κ2) is 9.17. The topological polar surface area (TPSA) is 108 Å². The molecule has 3 N–H and O–H groups in total. The van der Waals surface area contributed by atoms with Gasteiger partial charge in [0.05, 0.1) is 16.6 Å². The summed E-state index contributed by atoms with van der Waals surface area (Å²) in [6, 6.07) is 18.2. The highest BCUT2D eigenvalue weighted by molar-refractivity contribution is 6.05. The van der Waals surface area contributed by atoms with Crippen LogP contribution in [0.25, 0.3) is 11.0 Å². The van der Waals surface area contributed by atoms with Crippen LogP contribution in [0.4, 0.5) is 5.95 Å². The monoisotopic (exact) mass is 398 g/mol. The standard InChI is InChI=1S/C16H10N4O3.C7H8/c1-2-9-5-4-8-17-12(9)14(21)20-16-18-11-7-3-6-10(15(22)23)13(11)19-16;1-7-5-3-2-4-6-7/h1,3-8H,(H,22,23)(H2,18,19,20,21);2-6H,1H3. The number of carboxylic acids is 1. The van der Waals surface area contributed by atoms with Gasteiger partial charge in [-0.1, -0.05) is 47.9 Å². The summed E-state index contributed by atoms with van der Waals surface area (Å²) < 4.78 is 0. The van der Waals surface area contributed by atoms with Gasteiger partial charge in [0.1, 0.15) is 11.2 Å². The number of aromatic nitrogens is 3. The van der Waals surface area contributed by atoms with Gasteiger partial charge in [-0.05, 0) is 31.2 Å². The van der Waals surface area contributed by atoms with E-state index in [1.165, 1.54) is 17.8 Å². The van der Waals surface area contributed by atoms with Crippen LogP contribution < -0.4 is 5.32 Å². The quantitative estimate of drug-likeness (QED) is 0.454. The van der Waals surface area contributed by atoms with E-state index in [0.29, 0.717) is 11.1 Å². The highest BCUT2D eigenvalue weighted by Gasteiger charge is 2.16. The molecule has 0 saturated heterocycles. The molecular formula is C23H18N4O3. The van der Waals surface area contributed by atoms with Crippen LogP contribution in [-0.2, 0) is 0 Å². The molecule has 2 aromatic heterocycles. The van der Waals surface area contributed by atoms with Crippen LogP contribution in [0, 0.1) is 19.3 Å². The first kappa shape index (κ1) is 20.3. The Morgan fingerprint density at radius 3 is 2.47 bits per heavy atom. The first-order chi connectivity index (χ1) is 14.5. The number of hydrogen-bond acceptors (Lipinski definition) is 4. The van der Waals surface area contributed by atoms with E-state index in [4.69, 9.17) is 11.5 Å². The lowest BCUT2D eigenvalue weighted by atomic mass is 10.2. The number of anilines is 1. The number of fused-ring (bicyclic) bond motifs is 1. The summed E-state index contributed by atoms with van der Waals surface area (Å²) in [5.74, 6) is 0.868. The summed E-state index contributed by atoms with van der Waals surface area (Å²) in [6.45, 7) is 2.08. The van der Waals surface area contributed by atoms with Gasteiger partial charge in [-0.3, -0.25) is 10.1 Å². The Morgan fingerprint density at radius 1 is 1.07 bits per heavy atom. The third kappa shape index (κ3) is 4.69. The number of benzene rings is 2. The third-order valence-corrected chi connectivity index (χ3v) is 4.09. The maximum absolute atomic E-state index is 12.2. The Labute approximate surface area is 172 Å². The molecule has 4 aromatic rings. The number of carboxylic acid groups (broad SMARTS) is 1. The van der Waals surface area contributed by atoms with Gasteiger partial charge in [-0.25, -0.2) is 14.8 Å². The number of H-pyrrole nitrogens is 1. The summed E-state index contributed by atoms with van der Waals surface area (Å²) in [6.07, 6.45) is 6.79. The fourth-order valence-corrected chi connectivity index (χ4v) is 2.67. The largest absolute Gasteiger partial charge is 0.478 e. The number of imidazole rings is 1. The smallest absolute Gasteiger partial charge is 0.337 e. The van der Waals surface area contributed by atoms with Gasteiger partial charge in [0.2, 0.25) is 5.95 Å². The number of amides is 1. The number of nitrogens with zero attached hydrogens (tertiary/aromatic N) is 2.